The first kappa shape index (κ1) is 31.8. The maximum Gasteiger partial charge on any atom is 0.343 e. The molecule has 0 aromatic heterocycles. The molecule has 0 spiro atoms. The van der Waals surface area contributed by atoms with E-state index in [1.165, 1.54) is 50.6 Å². The number of unbranched alkanes of at least 4 members (excludes halogenated alkanes) is 4. The maximum atomic E-state index is 12.7. The largest absolute Gasteiger partial charge is 0.494 e. The summed E-state index contributed by atoms with van der Waals surface area (Å²) in [7, 11) is 1.41. The van der Waals surface area contributed by atoms with Crippen LogP contribution in [0.5, 0.6) is 17.2 Å². The van der Waals surface area contributed by atoms with Gasteiger partial charge in [0.2, 0.25) is 0 Å². The molecule has 0 saturated carbocycles. The maximum absolute atomic E-state index is 12.7. The number of amides is 1. The summed E-state index contributed by atoms with van der Waals surface area (Å²) in [5.41, 5.74) is 1.05. The second-order valence-corrected chi connectivity index (χ2v) is 10.2. The van der Waals surface area contributed by atoms with Gasteiger partial charge in [0, 0.05) is 12.0 Å². The topological polar surface area (TPSA) is 111 Å². The number of carbonyl (C=O) groups is 3. The standard InChI is InChI=1S/C31H33Cl2NO7/c1-3-4-5-6-7-16-40-23-12-9-21(10-13-23)31(38)41-27-15-8-20(18-28(27)39-2)17-26(30(36)37)34-29(35)22-11-14-24(32)25(33)19-22/h8-15,18-19,26H,3-7,16-17H2,1-2H3,(H,34,35)(H,36,37). The number of ether oxygens (including phenoxy) is 3. The van der Waals surface area contributed by atoms with Gasteiger partial charge in [-0.15, -0.1) is 0 Å². The Kier molecular flexibility index (Phi) is 12.3. The Balaban J connectivity index is 1.60. The zero-order valence-corrected chi connectivity index (χ0v) is 24.5. The minimum atomic E-state index is -1.24. The van der Waals surface area contributed by atoms with Gasteiger partial charge in [0.25, 0.3) is 5.91 Å². The number of hydrogen-bond acceptors (Lipinski definition) is 6. The van der Waals surface area contributed by atoms with Crippen LogP contribution in [0.1, 0.15) is 65.3 Å². The SMILES string of the molecule is CCCCCCCOc1ccc(C(=O)Oc2ccc(CC(NC(=O)c3ccc(Cl)c(Cl)c3)C(=O)O)cc2OC)cc1. The summed E-state index contributed by atoms with van der Waals surface area (Å²) < 4.78 is 16.7. The van der Waals surface area contributed by atoms with Crippen LogP contribution in [0.25, 0.3) is 0 Å². The van der Waals surface area contributed by atoms with Crippen LogP contribution in [0.4, 0.5) is 0 Å². The van der Waals surface area contributed by atoms with Crippen LogP contribution >= 0.6 is 23.2 Å². The third kappa shape index (κ3) is 9.69. The van der Waals surface area contributed by atoms with E-state index in [1.807, 2.05) is 0 Å². The highest BCUT2D eigenvalue weighted by Crippen LogP contribution is 2.30. The number of rotatable bonds is 15. The number of halogens is 2. The molecule has 0 radical (unpaired) electrons. The quantitative estimate of drug-likeness (QED) is 0.110. The minimum absolute atomic E-state index is 0.0486. The van der Waals surface area contributed by atoms with Gasteiger partial charge in [-0.25, -0.2) is 9.59 Å². The van der Waals surface area contributed by atoms with Crippen molar-refractivity contribution in [2.45, 2.75) is 51.5 Å². The molecule has 1 atom stereocenters. The molecule has 0 aliphatic rings. The number of carbonyl (C=O) groups excluding carboxylic acids is 2. The molecule has 0 heterocycles. The monoisotopic (exact) mass is 601 g/mol. The number of carboxylic acids is 1. The summed E-state index contributed by atoms with van der Waals surface area (Å²) in [6.07, 6.45) is 5.69. The van der Waals surface area contributed by atoms with Crippen LogP contribution in [0, 0.1) is 0 Å². The average Bonchev–Trinajstić information content (AvgIpc) is 2.96. The fourth-order valence-corrected chi connectivity index (χ4v) is 4.28. The van der Waals surface area contributed by atoms with Gasteiger partial charge in [-0.2, -0.15) is 0 Å². The van der Waals surface area contributed by atoms with Crippen LogP contribution in [0.3, 0.4) is 0 Å². The third-order valence-corrected chi connectivity index (χ3v) is 7.00. The van der Waals surface area contributed by atoms with Crippen LogP contribution in [-0.2, 0) is 11.2 Å². The molecule has 0 bridgehead atoms. The Labute approximate surface area is 249 Å². The van der Waals surface area contributed by atoms with E-state index in [0.29, 0.717) is 23.5 Å². The molecule has 1 unspecified atom stereocenters. The number of benzene rings is 3. The van der Waals surface area contributed by atoms with Crippen LogP contribution in [0.2, 0.25) is 10.0 Å². The normalized spacial score (nSPS) is 11.4. The van der Waals surface area contributed by atoms with Crippen molar-refractivity contribution in [1.82, 2.24) is 5.32 Å². The van der Waals surface area contributed by atoms with Crippen molar-refractivity contribution in [1.29, 1.82) is 0 Å². The highest BCUT2D eigenvalue weighted by molar-refractivity contribution is 6.42. The van der Waals surface area contributed by atoms with E-state index in [2.05, 4.69) is 12.2 Å². The van der Waals surface area contributed by atoms with Crippen LogP contribution in [-0.4, -0.2) is 42.7 Å². The van der Waals surface area contributed by atoms with Gasteiger partial charge >= 0.3 is 11.9 Å². The Morgan fingerprint density at radius 1 is 0.854 bits per heavy atom. The van der Waals surface area contributed by atoms with Gasteiger partial charge in [0.05, 0.1) is 29.3 Å². The van der Waals surface area contributed by atoms with Gasteiger partial charge in [-0.1, -0.05) is 61.9 Å². The summed E-state index contributed by atoms with van der Waals surface area (Å²) in [5.74, 6) is -1.34. The minimum Gasteiger partial charge on any atom is -0.494 e. The summed E-state index contributed by atoms with van der Waals surface area (Å²) in [6, 6.07) is 14.4. The zero-order chi connectivity index (χ0) is 29.8. The van der Waals surface area contributed by atoms with Gasteiger partial charge in [-0.05, 0) is 66.6 Å². The Hall–Kier alpha value is -3.75. The predicted molar refractivity (Wildman–Crippen MR) is 158 cm³/mol. The third-order valence-electron chi connectivity index (χ3n) is 6.26. The van der Waals surface area contributed by atoms with Crippen molar-refractivity contribution in [3.05, 3.63) is 87.4 Å². The van der Waals surface area contributed by atoms with Gasteiger partial charge in [-0.3, -0.25) is 4.79 Å². The lowest BCUT2D eigenvalue weighted by Gasteiger charge is -2.16. The molecule has 0 saturated heterocycles. The Morgan fingerprint density at radius 3 is 2.22 bits per heavy atom. The lowest BCUT2D eigenvalue weighted by Crippen LogP contribution is -2.42. The highest BCUT2D eigenvalue weighted by atomic mass is 35.5. The lowest BCUT2D eigenvalue weighted by molar-refractivity contribution is -0.139. The molecule has 2 N–H and O–H groups in total. The first-order chi connectivity index (χ1) is 19.7. The van der Waals surface area contributed by atoms with Gasteiger partial charge < -0.3 is 24.6 Å². The lowest BCUT2D eigenvalue weighted by atomic mass is 10.0. The van der Waals surface area contributed by atoms with Crippen molar-refractivity contribution < 1.29 is 33.7 Å². The number of hydrogen-bond donors (Lipinski definition) is 2. The average molecular weight is 603 g/mol. The van der Waals surface area contributed by atoms with Crippen molar-refractivity contribution in [2.75, 3.05) is 13.7 Å². The molecule has 0 aliphatic heterocycles. The van der Waals surface area contributed by atoms with Crippen molar-refractivity contribution in [3.63, 3.8) is 0 Å². The van der Waals surface area contributed by atoms with Crippen LogP contribution in [0.15, 0.2) is 60.7 Å². The molecule has 218 valence electrons. The molecular formula is C31H33Cl2NO7. The molecule has 1 amide bonds. The van der Waals surface area contributed by atoms with Gasteiger partial charge in [0.15, 0.2) is 11.5 Å². The fourth-order valence-electron chi connectivity index (χ4n) is 3.98. The van der Waals surface area contributed by atoms with Gasteiger partial charge in [0.1, 0.15) is 11.8 Å². The van der Waals surface area contributed by atoms with E-state index >= 15 is 0 Å². The molecule has 3 aromatic rings. The molecular weight excluding hydrogens is 569 g/mol. The number of carboxylic acid groups (broad SMARTS) is 1. The van der Waals surface area contributed by atoms with Crippen molar-refractivity contribution in [2.24, 2.45) is 0 Å². The molecule has 0 fully saturated rings. The molecule has 3 rings (SSSR count). The number of nitrogens with one attached hydrogen (secondary N) is 1. The van der Waals surface area contributed by atoms with E-state index in [4.69, 9.17) is 37.4 Å². The molecule has 41 heavy (non-hydrogen) atoms. The van der Waals surface area contributed by atoms with E-state index in [-0.39, 0.29) is 33.5 Å². The molecule has 3 aromatic carbocycles. The first-order valence-electron chi connectivity index (χ1n) is 13.3. The second-order valence-electron chi connectivity index (χ2n) is 9.36. The summed E-state index contributed by atoms with van der Waals surface area (Å²) >= 11 is 11.9. The summed E-state index contributed by atoms with van der Waals surface area (Å²) in [5, 5.41) is 12.6. The first-order valence-corrected chi connectivity index (χ1v) is 14.1. The van der Waals surface area contributed by atoms with E-state index < -0.39 is 23.9 Å². The molecule has 10 heteroatoms. The number of aliphatic carboxylic acids is 1. The second kappa shape index (κ2) is 15.9. The molecule has 0 aliphatic carbocycles. The molecule has 8 nitrogen and oxygen atoms in total. The number of esters is 1. The highest BCUT2D eigenvalue weighted by Gasteiger charge is 2.23. The van der Waals surface area contributed by atoms with E-state index in [0.717, 1.165) is 12.8 Å². The van der Waals surface area contributed by atoms with Crippen molar-refractivity contribution >= 4 is 41.0 Å². The zero-order valence-electron chi connectivity index (χ0n) is 23.0. The summed E-state index contributed by atoms with van der Waals surface area (Å²) in [6.45, 7) is 2.80. The summed E-state index contributed by atoms with van der Waals surface area (Å²) in [4.78, 5) is 37.2. The van der Waals surface area contributed by atoms with Crippen molar-refractivity contribution in [3.8, 4) is 17.2 Å². The Morgan fingerprint density at radius 2 is 1.56 bits per heavy atom. The predicted octanol–water partition coefficient (Wildman–Crippen LogP) is 7.00. The fraction of sp³-hybridized carbons (Fsp3) is 0.323. The smallest absolute Gasteiger partial charge is 0.343 e. The Bertz CT molecular complexity index is 1340. The van der Waals surface area contributed by atoms with E-state index in [1.54, 1.807) is 36.4 Å². The van der Waals surface area contributed by atoms with E-state index in [9.17, 15) is 19.5 Å². The van der Waals surface area contributed by atoms with Crippen LogP contribution < -0.4 is 19.5 Å². The number of methoxy groups -OCH3 is 1.